The molecule has 6 nitrogen and oxygen atoms in total. The highest BCUT2D eigenvalue weighted by Crippen LogP contribution is 2.19. The van der Waals surface area contributed by atoms with Crippen molar-refractivity contribution >= 4 is 5.91 Å². The summed E-state index contributed by atoms with van der Waals surface area (Å²) in [6.07, 6.45) is 5.53. The molecule has 1 aromatic rings. The lowest BCUT2D eigenvalue weighted by molar-refractivity contribution is -0.136. The molecule has 1 amide bonds. The molecule has 19 heavy (non-hydrogen) atoms. The predicted molar refractivity (Wildman–Crippen MR) is 72.4 cm³/mol. The smallest absolute Gasteiger partial charge is 0.226 e. The average molecular weight is 265 g/mol. The third kappa shape index (κ3) is 3.76. The van der Waals surface area contributed by atoms with Crippen molar-refractivity contribution in [1.82, 2.24) is 25.0 Å². The van der Waals surface area contributed by atoms with Gasteiger partial charge in [-0.15, -0.1) is 0 Å². The van der Waals surface area contributed by atoms with Gasteiger partial charge in [-0.25, -0.2) is 4.98 Å². The number of hydrogen-bond donors (Lipinski definition) is 1. The lowest BCUT2D eigenvalue weighted by Crippen LogP contribution is -2.45. The van der Waals surface area contributed by atoms with E-state index in [2.05, 4.69) is 15.4 Å². The average Bonchev–Trinajstić information content (AvgIpc) is 2.91. The summed E-state index contributed by atoms with van der Waals surface area (Å²) in [5.74, 6) is 0.800. The second-order valence-corrected chi connectivity index (χ2v) is 5.37. The van der Waals surface area contributed by atoms with Crippen LogP contribution in [0.2, 0.25) is 0 Å². The van der Waals surface area contributed by atoms with E-state index >= 15 is 0 Å². The van der Waals surface area contributed by atoms with Crippen LogP contribution < -0.4 is 5.32 Å². The van der Waals surface area contributed by atoms with Crippen LogP contribution in [-0.4, -0.2) is 52.3 Å². The SMILES string of the molecule is CNCC(C)C(=O)N1CCCC(Cn2cncn2)C1. The van der Waals surface area contributed by atoms with Gasteiger partial charge < -0.3 is 10.2 Å². The summed E-state index contributed by atoms with van der Waals surface area (Å²) in [5.41, 5.74) is 0. The molecule has 1 aliphatic heterocycles. The summed E-state index contributed by atoms with van der Waals surface area (Å²) >= 11 is 0. The second kappa shape index (κ2) is 6.65. The van der Waals surface area contributed by atoms with E-state index < -0.39 is 0 Å². The molecule has 1 fully saturated rings. The van der Waals surface area contributed by atoms with E-state index in [9.17, 15) is 4.79 Å². The normalized spacial score (nSPS) is 21.4. The van der Waals surface area contributed by atoms with Crippen LogP contribution in [0.3, 0.4) is 0 Å². The Labute approximate surface area is 114 Å². The highest BCUT2D eigenvalue weighted by molar-refractivity contribution is 5.78. The van der Waals surface area contributed by atoms with Gasteiger partial charge in [-0.3, -0.25) is 9.48 Å². The van der Waals surface area contributed by atoms with Crippen molar-refractivity contribution < 1.29 is 4.79 Å². The second-order valence-electron chi connectivity index (χ2n) is 5.37. The highest BCUT2D eigenvalue weighted by atomic mass is 16.2. The molecule has 0 spiro atoms. The largest absolute Gasteiger partial charge is 0.342 e. The number of aromatic nitrogens is 3. The molecule has 2 rings (SSSR count). The lowest BCUT2D eigenvalue weighted by atomic mass is 9.96. The van der Waals surface area contributed by atoms with Crippen molar-refractivity contribution in [2.75, 3.05) is 26.7 Å². The first-order chi connectivity index (χ1) is 9.20. The lowest BCUT2D eigenvalue weighted by Gasteiger charge is -2.34. The Hall–Kier alpha value is -1.43. The molecule has 6 heteroatoms. The molecule has 106 valence electrons. The van der Waals surface area contributed by atoms with Gasteiger partial charge in [0, 0.05) is 32.1 Å². The van der Waals surface area contributed by atoms with Crippen molar-refractivity contribution in [3.63, 3.8) is 0 Å². The van der Waals surface area contributed by atoms with E-state index in [-0.39, 0.29) is 11.8 Å². The third-order valence-corrected chi connectivity index (χ3v) is 3.67. The Bertz CT molecular complexity index is 392. The fourth-order valence-electron chi connectivity index (χ4n) is 2.71. The first-order valence-corrected chi connectivity index (χ1v) is 6.96. The summed E-state index contributed by atoms with van der Waals surface area (Å²) < 4.78 is 1.86. The molecule has 2 atom stereocenters. The number of piperidine rings is 1. The monoisotopic (exact) mass is 265 g/mol. The quantitative estimate of drug-likeness (QED) is 0.835. The van der Waals surface area contributed by atoms with Crippen molar-refractivity contribution in [1.29, 1.82) is 0 Å². The predicted octanol–water partition coefficient (Wildman–Crippen LogP) is 0.372. The molecular weight excluding hydrogens is 242 g/mol. The number of carbonyl (C=O) groups excluding carboxylic acids is 1. The van der Waals surface area contributed by atoms with Gasteiger partial charge in [0.2, 0.25) is 5.91 Å². The van der Waals surface area contributed by atoms with Gasteiger partial charge in [0.05, 0.1) is 0 Å². The van der Waals surface area contributed by atoms with E-state index in [0.717, 1.165) is 39.0 Å². The fraction of sp³-hybridized carbons (Fsp3) is 0.769. The molecule has 0 aliphatic carbocycles. The Morgan fingerprint density at radius 3 is 3.11 bits per heavy atom. The number of rotatable bonds is 5. The minimum Gasteiger partial charge on any atom is -0.342 e. The molecule has 1 aromatic heterocycles. The van der Waals surface area contributed by atoms with Gasteiger partial charge >= 0.3 is 0 Å². The van der Waals surface area contributed by atoms with E-state index in [4.69, 9.17) is 0 Å². The fourth-order valence-corrected chi connectivity index (χ4v) is 2.71. The van der Waals surface area contributed by atoms with Crippen LogP contribution in [0.15, 0.2) is 12.7 Å². The molecule has 2 unspecified atom stereocenters. The van der Waals surface area contributed by atoms with Crippen LogP contribution >= 0.6 is 0 Å². The first kappa shape index (κ1) is 14.0. The summed E-state index contributed by atoms with van der Waals surface area (Å²) in [7, 11) is 1.88. The van der Waals surface area contributed by atoms with E-state index in [0.29, 0.717) is 5.92 Å². The molecule has 0 radical (unpaired) electrons. The zero-order chi connectivity index (χ0) is 13.7. The maximum absolute atomic E-state index is 12.3. The maximum Gasteiger partial charge on any atom is 0.226 e. The van der Waals surface area contributed by atoms with Gasteiger partial charge in [0.15, 0.2) is 0 Å². The summed E-state index contributed by atoms with van der Waals surface area (Å²) in [6, 6.07) is 0. The zero-order valence-electron chi connectivity index (χ0n) is 11.7. The number of nitrogens with zero attached hydrogens (tertiary/aromatic N) is 4. The highest BCUT2D eigenvalue weighted by Gasteiger charge is 2.26. The number of amides is 1. The number of carbonyl (C=O) groups is 1. The minimum atomic E-state index is 0.0510. The Morgan fingerprint density at radius 2 is 2.42 bits per heavy atom. The standard InChI is InChI=1S/C13H23N5O/c1-11(6-14-2)13(19)17-5-3-4-12(7-17)8-18-10-15-9-16-18/h9-12,14H,3-8H2,1-2H3. The van der Waals surface area contributed by atoms with Crippen LogP contribution in [0.4, 0.5) is 0 Å². The maximum atomic E-state index is 12.3. The van der Waals surface area contributed by atoms with Gasteiger partial charge in [-0.05, 0) is 25.8 Å². The van der Waals surface area contributed by atoms with E-state index in [1.165, 1.54) is 0 Å². The molecule has 1 N–H and O–H groups in total. The van der Waals surface area contributed by atoms with Gasteiger partial charge in [0.1, 0.15) is 12.7 Å². The third-order valence-electron chi connectivity index (χ3n) is 3.67. The van der Waals surface area contributed by atoms with E-state index in [1.54, 1.807) is 12.7 Å². The summed E-state index contributed by atoms with van der Waals surface area (Å²) in [5, 5.41) is 7.20. The van der Waals surface area contributed by atoms with Crippen molar-refractivity contribution in [2.24, 2.45) is 11.8 Å². The number of likely N-dealkylation sites (tertiary alicyclic amines) is 1. The molecule has 2 heterocycles. The van der Waals surface area contributed by atoms with E-state index in [1.807, 2.05) is 23.6 Å². The molecular formula is C13H23N5O. The Balaban J connectivity index is 1.88. The molecule has 0 aromatic carbocycles. The molecule has 1 aliphatic rings. The summed E-state index contributed by atoms with van der Waals surface area (Å²) in [6.45, 7) is 5.31. The topological polar surface area (TPSA) is 63.1 Å². The minimum absolute atomic E-state index is 0.0510. The Morgan fingerprint density at radius 1 is 1.58 bits per heavy atom. The van der Waals surface area contributed by atoms with Gasteiger partial charge in [-0.2, -0.15) is 5.10 Å². The van der Waals surface area contributed by atoms with Gasteiger partial charge in [-0.1, -0.05) is 6.92 Å². The van der Waals surface area contributed by atoms with Crippen LogP contribution in [0, 0.1) is 11.8 Å². The van der Waals surface area contributed by atoms with Crippen LogP contribution in [0.5, 0.6) is 0 Å². The molecule has 1 saturated heterocycles. The number of hydrogen-bond acceptors (Lipinski definition) is 4. The Kier molecular flexibility index (Phi) is 4.90. The van der Waals surface area contributed by atoms with Crippen molar-refractivity contribution in [3.05, 3.63) is 12.7 Å². The number of nitrogens with one attached hydrogen (secondary N) is 1. The van der Waals surface area contributed by atoms with Crippen LogP contribution in [0.25, 0.3) is 0 Å². The first-order valence-electron chi connectivity index (χ1n) is 6.96. The van der Waals surface area contributed by atoms with Crippen molar-refractivity contribution in [2.45, 2.75) is 26.3 Å². The van der Waals surface area contributed by atoms with Crippen LogP contribution in [-0.2, 0) is 11.3 Å². The van der Waals surface area contributed by atoms with Crippen molar-refractivity contribution in [3.8, 4) is 0 Å². The van der Waals surface area contributed by atoms with Crippen LogP contribution in [0.1, 0.15) is 19.8 Å². The zero-order valence-corrected chi connectivity index (χ0v) is 11.7. The molecule has 0 bridgehead atoms. The summed E-state index contributed by atoms with van der Waals surface area (Å²) in [4.78, 5) is 18.3. The van der Waals surface area contributed by atoms with Gasteiger partial charge in [0.25, 0.3) is 0 Å². The molecule has 0 saturated carbocycles.